The first-order valence-electron chi connectivity index (χ1n) is 15.5. The number of fused-ring (bicyclic) bond motifs is 1. The van der Waals surface area contributed by atoms with Crippen molar-refractivity contribution in [2.24, 2.45) is 0 Å². The molecule has 2 aliphatic heterocycles. The van der Waals surface area contributed by atoms with E-state index < -0.39 is 15.1 Å². The summed E-state index contributed by atoms with van der Waals surface area (Å²) in [5.74, 6) is 1.63. The molecule has 1 atom stereocenters. The number of nitrogens with zero attached hydrogens (tertiary/aromatic N) is 5. The van der Waals surface area contributed by atoms with E-state index in [1.165, 1.54) is 10.1 Å². The summed E-state index contributed by atoms with van der Waals surface area (Å²) >= 11 is 0. The Balaban J connectivity index is 1.23. The summed E-state index contributed by atoms with van der Waals surface area (Å²) < 4.78 is 39.0. The van der Waals surface area contributed by atoms with Crippen LogP contribution in [0.3, 0.4) is 0 Å². The Morgan fingerprint density at radius 1 is 1.09 bits per heavy atom. The van der Waals surface area contributed by atoms with Crippen molar-refractivity contribution in [2.45, 2.75) is 55.7 Å². The van der Waals surface area contributed by atoms with E-state index in [1.54, 1.807) is 57.5 Å². The maximum Gasteiger partial charge on any atom is 0.242 e. The Labute approximate surface area is 268 Å². The highest BCUT2D eigenvalue weighted by molar-refractivity contribution is 7.92. The predicted molar refractivity (Wildman–Crippen MR) is 175 cm³/mol. The third kappa shape index (κ3) is 6.37. The van der Waals surface area contributed by atoms with Gasteiger partial charge in [0.15, 0.2) is 15.5 Å². The standard InChI is InChI=1S/C32H40N8O5S/c1-20(2)46(42,43)28-8-6-5-7-24(28)36-32-38-31(37-29-9-12-34-40(29)32)35-25-17-21(3)23(18-27(25)44-4)22-10-14-39(15-11-22)30(41)26-19-45-16-13-33-26/h5-9,12,17-18,20,22,26,33H,10-11,13-16,19H2,1-4H3,(H2,35,36,37,38)/t26-/m0/s1. The molecule has 0 aliphatic carbocycles. The number of hydrogen-bond acceptors (Lipinski definition) is 11. The number of benzene rings is 2. The van der Waals surface area contributed by atoms with E-state index in [4.69, 9.17) is 9.47 Å². The predicted octanol–water partition coefficient (Wildman–Crippen LogP) is 3.81. The molecule has 2 aromatic carbocycles. The molecular formula is C32H40N8O5S. The van der Waals surface area contributed by atoms with Crippen LogP contribution in [0.5, 0.6) is 5.75 Å². The monoisotopic (exact) mass is 648 g/mol. The first-order chi connectivity index (χ1) is 22.2. The van der Waals surface area contributed by atoms with E-state index >= 15 is 0 Å². The number of nitrogens with one attached hydrogen (secondary N) is 3. The molecule has 0 bridgehead atoms. The van der Waals surface area contributed by atoms with E-state index in [9.17, 15) is 13.2 Å². The van der Waals surface area contributed by atoms with Crippen molar-refractivity contribution in [3.8, 4) is 5.75 Å². The highest BCUT2D eigenvalue weighted by atomic mass is 32.2. The zero-order valence-corrected chi connectivity index (χ0v) is 27.3. The Morgan fingerprint density at radius 2 is 1.87 bits per heavy atom. The molecule has 0 unspecified atom stereocenters. The summed E-state index contributed by atoms with van der Waals surface area (Å²) in [7, 11) is -1.94. The van der Waals surface area contributed by atoms with Gasteiger partial charge in [-0.15, -0.1) is 0 Å². The van der Waals surface area contributed by atoms with Crippen molar-refractivity contribution in [2.75, 3.05) is 50.6 Å². The van der Waals surface area contributed by atoms with Crippen molar-refractivity contribution in [1.82, 2.24) is 29.8 Å². The number of carbonyl (C=O) groups is 1. The van der Waals surface area contributed by atoms with Gasteiger partial charge in [0, 0.05) is 25.7 Å². The molecule has 3 N–H and O–H groups in total. The van der Waals surface area contributed by atoms with Gasteiger partial charge in [0.05, 0.1) is 48.0 Å². The molecule has 0 saturated carbocycles. The number of aromatic nitrogens is 4. The minimum Gasteiger partial charge on any atom is -0.495 e. The number of carbonyl (C=O) groups excluding carboxylic acids is 1. The van der Waals surface area contributed by atoms with Crippen LogP contribution in [0.2, 0.25) is 0 Å². The van der Waals surface area contributed by atoms with Crippen molar-refractivity contribution in [3.63, 3.8) is 0 Å². The minimum atomic E-state index is -3.56. The van der Waals surface area contributed by atoms with Crippen molar-refractivity contribution < 1.29 is 22.7 Å². The largest absolute Gasteiger partial charge is 0.495 e. The van der Waals surface area contributed by atoms with Gasteiger partial charge in [0.2, 0.25) is 17.8 Å². The summed E-state index contributed by atoms with van der Waals surface area (Å²) in [5.41, 5.74) is 3.88. The minimum absolute atomic E-state index is 0.112. The van der Waals surface area contributed by atoms with Gasteiger partial charge in [-0.05, 0) is 74.9 Å². The van der Waals surface area contributed by atoms with Crippen LogP contribution in [0.1, 0.15) is 43.7 Å². The summed E-state index contributed by atoms with van der Waals surface area (Å²) in [6.07, 6.45) is 3.33. The van der Waals surface area contributed by atoms with E-state index in [0.29, 0.717) is 67.5 Å². The van der Waals surface area contributed by atoms with Gasteiger partial charge >= 0.3 is 0 Å². The molecule has 46 heavy (non-hydrogen) atoms. The molecule has 4 aromatic rings. The second-order valence-corrected chi connectivity index (χ2v) is 14.4. The number of amides is 1. The lowest BCUT2D eigenvalue weighted by molar-refractivity contribution is -0.137. The molecule has 6 rings (SSSR count). The van der Waals surface area contributed by atoms with E-state index in [0.717, 1.165) is 18.4 Å². The third-order valence-electron chi connectivity index (χ3n) is 8.62. The van der Waals surface area contributed by atoms with Crippen LogP contribution >= 0.6 is 0 Å². The molecule has 1 amide bonds. The van der Waals surface area contributed by atoms with E-state index in [2.05, 4.69) is 44.0 Å². The fourth-order valence-electron chi connectivity index (χ4n) is 6.04. The summed E-state index contributed by atoms with van der Waals surface area (Å²) in [6, 6.07) is 12.3. The quantitative estimate of drug-likeness (QED) is 0.243. The van der Waals surface area contributed by atoms with Gasteiger partial charge < -0.3 is 30.3 Å². The fraction of sp³-hybridized carbons (Fsp3) is 0.438. The van der Waals surface area contributed by atoms with E-state index in [1.807, 2.05) is 11.0 Å². The number of piperidine rings is 1. The fourth-order valence-corrected chi connectivity index (χ4v) is 7.24. The summed E-state index contributed by atoms with van der Waals surface area (Å²) in [5, 5.41) is 13.5. The number of ether oxygens (including phenoxy) is 2. The molecule has 14 heteroatoms. The number of aryl methyl sites for hydroxylation is 1. The van der Waals surface area contributed by atoms with Gasteiger partial charge in [0.1, 0.15) is 11.8 Å². The number of morpholine rings is 1. The van der Waals surface area contributed by atoms with Crippen LogP contribution in [0, 0.1) is 6.92 Å². The normalized spacial score (nSPS) is 17.8. The van der Waals surface area contributed by atoms with Crippen molar-refractivity contribution >= 4 is 44.7 Å². The number of anilines is 4. The third-order valence-corrected chi connectivity index (χ3v) is 10.8. The first kappa shape index (κ1) is 31.7. The Bertz CT molecular complexity index is 1830. The average Bonchev–Trinajstić information content (AvgIpc) is 3.54. The maximum absolute atomic E-state index is 13.1. The van der Waals surface area contributed by atoms with Crippen molar-refractivity contribution in [1.29, 1.82) is 0 Å². The van der Waals surface area contributed by atoms with Gasteiger partial charge in [-0.25, -0.2) is 8.42 Å². The number of likely N-dealkylation sites (tertiary alicyclic amines) is 1. The average molecular weight is 649 g/mol. The molecule has 4 heterocycles. The van der Waals surface area contributed by atoms with Gasteiger partial charge in [-0.1, -0.05) is 12.1 Å². The van der Waals surface area contributed by atoms with Crippen LogP contribution in [-0.4, -0.2) is 90.1 Å². The van der Waals surface area contributed by atoms with Crippen LogP contribution in [0.4, 0.5) is 23.3 Å². The molecule has 0 spiro atoms. The highest BCUT2D eigenvalue weighted by Gasteiger charge is 2.31. The topological polar surface area (TPSA) is 152 Å². The number of rotatable bonds is 9. The van der Waals surface area contributed by atoms with Crippen LogP contribution in [-0.2, 0) is 19.4 Å². The van der Waals surface area contributed by atoms with Gasteiger partial charge in [0.25, 0.3) is 0 Å². The molecule has 2 saturated heterocycles. The molecule has 2 aliphatic rings. The number of para-hydroxylation sites is 1. The summed E-state index contributed by atoms with van der Waals surface area (Å²) in [4.78, 5) is 24.4. The first-order valence-corrected chi connectivity index (χ1v) is 17.1. The molecule has 13 nitrogen and oxygen atoms in total. The molecule has 244 valence electrons. The molecule has 0 radical (unpaired) electrons. The number of hydrogen-bond donors (Lipinski definition) is 3. The van der Waals surface area contributed by atoms with Crippen LogP contribution in [0.15, 0.2) is 53.6 Å². The smallest absolute Gasteiger partial charge is 0.242 e. The Kier molecular flexibility index (Phi) is 9.11. The lowest BCUT2D eigenvalue weighted by Gasteiger charge is -2.36. The van der Waals surface area contributed by atoms with Crippen LogP contribution in [0.25, 0.3) is 5.65 Å². The Hall–Kier alpha value is -4.27. The number of sulfone groups is 1. The molecular weight excluding hydrogens is 608 g/mol. The van der Waals surface area contributed by atoms with Crippen molar-refractivity contribution in [3.05, 3.63) is 59.8 Å². The van der Waals surface area contributed by atoms with Crippen LogP contribution < -0.4 is 20.7 Å². The van der Waals surface area contributed by atoms with E-state index in [-0.39, 0.29) is 22.8 Å². The molecule has 2 fully saturated rings. The second kappa shape index (κ2) is 13.2. The maximum atomic E-state index is 13.1. The Morgan fingerprint density at radius 3 is 2.59 bits per heavy atom. The zero-order valence-electron chi connectivity index (χ0n) is 26.5. The molecule has 2 aromatic heterocycles. The highest BCUT2D eigenvalue weighted by Crippen LogP contribution is 2.38. The van der Waals surface area contributed by atoms with Gasteiger partial charge in [-0.2, -0.15) is 19.6 Å². The number of methoxy groups -OCH3 is 1. The van der Waals surface area contributed by atoms with Gasteiger partial charge in [-0.3, -0.25) is 4.79 Å². The summed E-state index contributed by atoms with van der Waals surface area (Å²) in [6.45, 7) is 8.52. The second-order valence-electron chi connectivity index (χ2n) is 11.9. The lowest BCUT2D eigenvalue weighted by Crippen LogP contribution is -2.53. The lowest BCUT2D eigenvalue weighted by atomic mass is 9.86. The zero-order chi connectivity index (χ0) is 32.4. The SMILES string of the molecule is COc1cc(C2CCN(C(=O)[C@@H]3COCCN3)CC2)c(C)cc1Nc1nc(Nc2ccccc2S(=O)(=O)C(C)C)n2nccc2n1.